The number of unbranched alkanes of at least 4 members (excludes halogenated alkanes) is 6. The van der Waals surface area contributed by atoms with Gasteiger partial charge in [-0.2, -0.15) is 0 Å². The van der Waals surface area contributed by atoms with Gasteiger partial charge in [0.25, 0.3) is 0 Å². The highest BCUT2D eigenvalue weighted by molar-refractivity contribution is 5.64. The number of hydrogen-bond donors (Lipinski definition) is 0. The zero-order valence-electron chi connectivity index (χ0n) is 19.2. The monoisotopic (exact) mass is 380 g/mol. The second kappa shape index (κ2) is 10.1. The zero-order valence-corrected chi connectivity index (χ0v) is 19.2. The van der Waals surface area contributed by atoms with Crippen LogP contribution in [0.25, 0.3) is 0 Å². The molecule has 0 N–H and O–H groups in total. The van der Waals surface area contributed by atoms with Crippen LogP contribution in [0.1, 0.15) is 111 Å². The van der Waals surface area contributed by atoms with Crippen LogP contribution in [0.5, 0.6) is 0 Å². The highest BCUT2D eigenvalue weighted by Crippen LogP contribution is 2.60. The highest BCUT2D eigenvalue weighted by Gasteiger charge is 2.46. The minimum atomic E-state index is 0.392. The summed E-state index contributed by atoms with van der Waals surface area (Å²) in [6.45, 7) is 9.46. The summed E-state index contributed by atoms with van der Waals surface area (Å²) >= 11 is 0. The fourth-order valence-electron chi connectivity index (χ4n) is 5.94. The van der Waals surface area contributed by atoms with E-state index in [0.29, 0.717) is 11.3 Å². The summed E-state index contributed by atoms with van der Waals surface area (Å²) in [6.07, 6.45) is 27.8. The molecule has 0 heteroatoms. The largest absolute Gasteiger partial charge is 0.0808 e. The Kier molecular flexibility index (Phi) is 7.84. The lowest BCUT2D eigenvalue weighted by Crippen LogP contribution is -2.27. The summed E-state index contributed by atoms with van der Waals surface area (Å²) in [5.74, 6) is 1.46. The summed E-state index contributed by atoms with van der Waals surface area (Å²) in [6, 6.07) is 0. The number of allylic oxidation sites excluding steroid dienone is 8. The molecule has 0 aromatic heterocycles. The average Bonchev–Trinajstić information content (AvgIpc) is 2.97. The summed E-state index contributed by atoms with van der Waals surface area (Å²) in [5.41, 5.74) is 7.34. The summed E-state index contributed by atoms with van der Waals surface area (Å²) < 4.78 is 0. The summed E-state index contributed by atoms with van der Waals surface area (Å²) in [5, 5.41) is 0. The molecule has 156 valence electrons. The van der Waals surface area contributed by atoms with Crippen LogP contribution in [0.2, 0.25) is 0 Å². The third-order valence-corrected chi connectivity index (χ3v) is 7.65. The molecule has 2 atom stereocenters. The first-order valence-corrected chi connectivity index (χ1v) is 12.5. The first-order chi connectivity index (χ1) is 13.7. The molecule has 28 heavy (non-hydrogen) atoms. The summed E-state index contributed by atoms with van der Waals surface area (Å²) in [7, 11) is 0. The minimum Gasteiger partial charge on any atom is -0.0808 e. The van der Waals surface area contributed by atoms with E-state index in [1.165, 1.54) is 83.5 Å². The van der Waals surface area contributed by atoms with Gasteiger partial charge in [-0.3, -0.25) is 0 Å². The molecular weight excluding hydrogens is 336 g/mol. The van der Waals surface area contributed by atoms with E-state index in [4.69, 9.17) is 0 Å². The Morgan fingerprint density at radius 2 is 1.32 bits per heavy atom. The van der Waals surface area contributed by atoms with Crippen LogP contribution in [0, 0.1) is 17.3 Å². The van der Waals surface area contributed by atoms with Gasteiger partial charge in [0, 0.05) is 5.41 Å². The van der Waals surface area contributed by atoms with Crippen LogP contribution >= 0.6 is 0 Å². The minimum absolute atomic E-state index is 0.392. The van der Waals surface area contributed by atoms with Crippen molar-refractivity contribution < 1.29 is 0 Å². The molecule has 0 amide bonds. The predicted octanol–water partition coefficient (Wildman–Crippen LogP) is 9.10. The SMILES string of the molecule is CCCCCCC1(CCCCCC)C2=C(C=CC(C)C2)C2=C1CC(CC)C=C2. The lowest BCUT2D eigenvalue weighted by atomic mass is 9.64. The zero-order chi connectivity index (χ0) is 20.0. The quantitative estimate of drug-likeness (QED) is 0.313. The molecule has 2 unspecified atom stereocenters. The van der Waals surface area contributed by atoms with Gasteiger partial charge in [-0.15, -0.1) is 0 Å². The van der Waals surface area contributed by atoms with E-state index in [9.17, 15) is 0 Å². The molecule has 0 spiro atoms. The molecule has 3 aliphatic carbocycles. The van der Waals surface area contributed by atoms with E-state index in [1.807, 2.05) is 11.1 Å². The molecule has 0 aromatic carbocycles. The van der Waals surface area contributed by atoms with Crippen LogP contribution in [-0.2, 0) is 0 Å². The van der Waals surface area contributed by atoms with E-state index < -0.39 is 0 Å². The maximum atomic E-state index is 2.52. The van der Waals surface area contributed by atoms with Crippen LogP contribution in [-0.4, -0.2) is 0 Å². The standard InChI is InChI=1S/C28H44/c1-5-8-10-12-18-28(19-13-11-9-6-2)26-20-22(4)14-16-24(26)25-17-15-23(7-3)21-27(25)28/h14-17,22-23H,5-13,18-21H2,1-4H3. The fraction of sp³-hybridized carbons (Fsp3) is 0.714. The Bertz CT molecular complexity index is 627. The molecule has 0 aliphatic heterocycles. The molecule has 0 bridgehead atoms. The fourth-order valence-corrected chi connectivity index (χ4v) is 5.94. The highest BCUT2D eigenvalue weighted by atomic mass is 14.5. The maximum absolute atomic E-state index is 2.52. The molecular formula is C28H44. The van der Waals surface area contributed by atoms with Crippen molar-refractivity contribution in [1.82, 2.24) is 0 Å². The molecule has 0 aromatic rings. The van der Waals surface area contributed by atoms with Crippen LogP contribution < -0.4 is 0 Å². The molecule has 0 nitrogen and oxygen atoms in total. The van der Waals surface area contributed by atoms with Crippen molar-refractivity contribution >= 4 is 0 Å². The maximum Gasteiger partial charge on any atom is 0.0139 e. The van der Waals surface area contributed by atoms with Gasteiger partial charge < -0.3 is 0 Å². The summed E-state index contributed by atoms with van der Waals surface area (Å²) in [4.78, 5) is 0. The van der Waals surface area contributed by atoms with Crippen molar-refractivity contribution in [3.8, 4) is 0 Å². The lowest BCUT2D eigenvalue weighted by molar-refractivity contribution is 0.306. The smallest absolute Gasteiger partial charge is 0.0139 e. The van der Waals surface area contributed by atoms with Crippen molar-refractivity contribution in [2.75, 3.05) is 0 Å². The van der Waals surface area contributed by atoms with Gasteiger partial charge in [0.15, 0.2) is 0 Å². The normalized spacial score (nSPS) is 25.4. The second-order valence-electron chi connectivity index (χ2n) is 9.76. The van der Waals surface area contributed by atoms with Gasteiger partial charge >= 0.3 is 0 Å². The van der Waals surface area contributed by atoms with Crippen molar-refractivity contribution in [1.29, 1.82) is 0 Å². The Morgan fingerprint density at radius 3 is 1.89 bits per heavy atom. The number of hydrogen-bond acceptors (Lipinski definition) is 0. The molecule has 0 saturated heterocycles. The van der Waals surface area contributed by atoms with Gasteiger partial charge in [0.05, 0.1) is 0 Å². The van der Waals surface area contributed by atoms with Gasteiger partial charge in [0.1, 0.15) is 0 Å². The molecule has 0 fully saturated rings. The molecule has 3 rings (SSSR count). The van der Waals surface area contributed by atoms with Gasteiger partial charge in [-0.1, -0.05) is 115 Å². The first kappa shape index (κ1) is 21.7. The van der Waals surface area contributed by atoms with Crippen molar-refractivity contribution in [3.05, 3.63) is 46.6 Å². The first-order valence-electron chi connectivity index (χ1n) is 12.5. The molecule has 3 aliphatic rings. The van der Waals surface area contributed by atoms with Crippen LogP contribution in [0.15, 0.2) is 46.6 Å². The van der Waals surface area contributed by atoms with Crippen LogP contribution in [0.4, 0.5) is 0 Å². The number of rotatable bonds is 11. The van der Waals surface area contributed by atoms with Crippen molar-refractivity contribution in [2.24, 2.45) is 17.3 Å². The Morgan fingerprint density at radius 1 is 0.750 bits per heavy atom. The van der Waals surface area contributed by atoms with E-state index >= 15 is 0 Å². The second-order valence-corrected chi connectivity index (χ2v) is 9.76. The third kappa shape index (κ3) is 4.42. The average molecular weight is 381 g/mol. The van der Waals surface area contributed by atoms with Crippen molar-refractivity contribution in [3.63, 3.8) is 0 Å². The van der Waals surface area contributed by atoms with Gasteiger partial charge in [-0.25, -0.2) is 0 Å². The Balaban J connectivity index is 1.93. The van der Waals surface area contributed by atoms with E-state index in [-0.39, 0.29) is 0 Å². The van der Waals surface area contributed by atoms with Crippen LogP contribution in [0.3, 0.4) is 0 Å². The molecule has 0 saturated carbocycles. The van der Waals surface area contributed by atoms with E-state index in [0.717, 1.165) is 5.92 Å². The number of fused-ring (bicyclic) bond motifs is 1. The lowest BCUT2D eigenvalue weighted by Gasteiger charge is -2.40. The Labute approximate surface area is 175 Å². The Hall–Kier alpha value is -1.04. The van der Waals surface area contributed by atoms with Gasteiger partial charge in [-0.05, 0) is 55.1 Å². The van der Waals surface area contributed by atoms with Crippen molar-refractivity contribution in [2.45, 2.75) is 111 Å². The molecule has 0 radical (unpaired) electrons. The predicted molar refractivity (Wildman–Crippen MR) is 124 cm³/mol. The van der Waals surface area contributed by atoms with E-state index in [1.54, 1.807) is 11.1 Å². The third-order valence-electron chi connectivity index (χ3n) is 7.65. The topological polar surface area (TPSA) is 0 Å². The molecule has 0 heterocycles. The van der Waals surface area contributed by atoms with E-state index in [2.05, 4.69) is 52.0 Å². The van der Waals surface area contributed by atoms with Gasteiger partial charge in [0.2, 0.25) is 0 Å².